The van der Waals surface area contributed by atoms with E-state index in [0.717, 1.165) is 10.7 Å². The number of aryl methyl sites for hydroxylation is 1. The topological polar surface area (TPSA) is 71.3 Å². The minimum absolute atomic E-state index is 0.102. The first-order chi connectivity index (χ1) is 11.9. The van der Waals surface area contributed by atoms with Crippen LogP contribution in [-0.2, 0) is 10.3 Å². The largest absolute Gasteiger partial charge is 0.423 e. The first-order valence-corrected chi connectivity index (χ1v) is 8.86. The van der Waals surface area contributed by atoms with Crippen LogP contribution in [0, 0.1) is 12.7 Å². The molecule has 1 unspecified atom stereocenters. The fourth-order valence-electron chi connectivity index (χ4n) is 3.24. The highest BCUT2D eigenvalue weighted by molar-refractivity contribution is 7.09. The summed E-state index contributed by atoms with van der Waals surface area (Å²) in [7, 11) is 0. The lowest BCUT2D eigenvalue weighted by molar-refractivity contribution is -0.120. The minimum Gasteiger partial charge on any atom is -0.423 e. The van der Waals surface area contributed by atoms with Gasteiger partial charge in [-0.2, -0.15) is 4.98 Å². The van der Waals surface area contributed by atoms with Gasteiger partial charge in [-0.05, 0) is 25.5 Å². The second-order valence-electron chi connectivity index (χ2n) is 6.34. The molecule has 6 nitrogen and oxygen atoms in total. The summed E-state index contributed by atoms with van der Waals surface area (Å²) in [6.45, 7) is 4.61. The Kier molecular flexibility index (Phi) is 3.72. The van der Waals surface area contributed by atoms with Crippen LogP contribution in [0.1, 0.15) is 24.0 Å². The first kappa shape index (κ1) is 16.0. The first-order valence-electron chi connectivity index (χ1n) is 7.98. The second kappa shape index (κ2) is 5.80. The summed E-state index contributed by atoms with van der Waals surface area (Å²) >= 11 is 1.54. The highest BCUT2D eigenvalue weighted by Gasteiger charge is 2.44. The maximum atomic E-state index is 13.4. The number of halogens is 1. The smallest absolute Gasteiger partial charge is 0.298 e. The molecule has 1 aliphatic heterocycles. The predicted octanol–water partition coefficient (Wildman–Crippen LogP) is 2.97. The lowest BCUT2D eigenvalue weighted by Crippen LogP contribution is -2.47. The van der Waals surface area contributed by atoms with Gasteiger partial charge in [0.25, 0.3) is 6.01 Å². The number of nitrogens with one attached hydrogen (secondary N) is 1. The van der Waals surface area contributed by atoms with Crippen LogP contribution < -0.4 is 10.2 Å². The van der Waals surface area contributed by atoms with Crippen molar-refractivity contribution >= 4 is 34.4 Å². The van der Waals surface area contributed by atoms with E-state index < -0.39 is 5.54 Å². The molecule has 1 amide bonds. The summed E-state index contributed by atoms with van der Waals surface area (Å²) in [6, 6.07) is 4.70. The molecule has 0 radical (unpaired) electrons. The van der Waals surface area contributed by atoms with Crippen LogP contribution in [0.15, 0.2) is 28.0 Å². The van der Waals surface area contributed by atoms with Gasteiger partial charge in [0.1, 0.15) is 21.9 Å². The van der Waals surface area contributed by atoms with Crippen molar-refractivity contribution in [2.45, 2.75) is 25.8 Å². The van der Waals surface area contributed by atoms with Crippen LogP contribution in [-0.4, -0.2) is 29.0 Å². The maximum absolute atomic E-state index is 13.4. The Morgan fingerprint density at radius 3 is 3.00 bits per heavy atom. The number of carbonyl (C=O) groups excluding carboxylic acids is 1. The third kappa shape index (κ3) is 2.86. The van der Waals surface area contributed by atoms with E-state index in [4.69, 9.17) is 4.42 Å². The molecule has 0 aliphatic carbocycles. The Labute approximate surface area is 147 Å². The molecule has 1 saturated heterocycles. The van der Waals surface area contributed by atoms with Crippen molar-refractivity contribution in [2.75, 3.05) is 18.0 Å². The average molecular weight is 360 g/mol. The normalized spacial score (nSPS) is 20.4. The number of aromatic nitrogens is 2. The van der Waals surface area contributed by atoms with E-state index in [1.165, 1.54) is 30.4 Å². The van der Waals surface area contributed by atoms with Crippen LogP contribution in [0.3, 0.4) is 0 Å². The van der Waals surface area contributed by atoms with E-state index in [-0.39, 0.29) is 11.7 Å². The molecule has 130 valence electrons. The number of thiazole rings is 1. The van der Waals surface area contributed by atoms with Gasteiger partial charge < -0.3 is 14.6 Å². The maximum Gasteiger partial charge on any atom is 0.298 e. The Hall–Kier alpha value is -2.48. The molecule has 3 aromatic rings. The predicted molar refractivity (Wildman–Crippen MR) is 93.1 cm³/mol. The van der Waals surface area contributed by atoms with Gasteiger partial charge in [-0.15, -0.1) is 11.3 Å². The molecule has 0 spiro atoms. The van der Waals surface area contributed by atoms with E-state index in [1.807, 2.05) is 17.2 Å². The van der Waals surface area contributed by atoms with Crippen molar-refractivity contribution in [1.29, 1.82) is 0 Å². The van der Waals surface area contributed by atoms with Gasteiger partial charge in [0.15, 0.2) is 5.58 Å². The lowest BCUT2D eigenvalue weighted by atomic mass is 9.99. The van der Waals surface area contributed by atoms with E-state index in [2.05, 4.69) is 15.3 Å². The molecule has 0 saturated carbocycles. The standard InChI is InChI=1S/C17H17FN4O2S/c1-10-8-25-15(19-10)17(21-11(2)23)5-6-22(9-17)16-20-13-7-12(18)3-4-14(13)24-16/h3-4,7-8H,5-6,9H2,1-2H3,(H,21,23). The summed E-state index contributed by atoms with van der Waals surface area (Å²) in [5.41, 5.74) is 1.40. The van der Waals surface area contributed by atoms with Crippen molar-refractivity contribution in [3.63, 3.8) is 0 Å². The summed E-state index contributed by atoms with van der Waals surface area (Å²) < 4.78 is 19.1. The summed E-state index contributed by atoms with van der Waals surface area (Å²) in [5.74, 6) is -0.450. The molecule has 1 N–H and O–H groups in total. The zero-order chi connectivity index (χ0) is 17.6. The highest BCUT2D eigenvalue weighted by Crippen LogP contribution is 2.37. The van der Waals surface area contributed by atoms with E-state index in [9.17, 15) is 9.18 Å². The molecule has 0 bridgehead atoms. The average Bonchev–Trinajstić information content (AvgIpc) is 3.24. The fraction of sp³-hybridized carbons (Fsp3) is 0.353. The fourth-order valence-corrected chi connectivity index (χ4v) is 4.21. The van der Waals surface area contributed by atoms with Gasteiger partial charge in [0.05, 0.1) is 6.54 Å². The number of hydrogen-bond acceptors (Lipinski definition) is 6. The van der Waals surface area contributed by atoms with Crippen LogP contribution >= 0.6 is 11.3 Å². The summed E-state index contributed by atoms with van der Waals surface area (Å²) in [6.07, 6.45) is 0.701. The van der Waals surface area contributed by atoms with Crippen molar-refractivity contribution in [1.82, 2.24) is 15.3 Å². The van der Waals surface area contributed by atoms with Crippen molar-refractivity contribution in [3.8, 4) is 0 Å². The van der Waals surface area contributed by atoms with Crippen LogP contribution in [0.25, 0.3) is 11.1 Å². The molecular formula is C17H17FN4O2S. The van der Waals surface area contributed by atoms with Crippen molar-refractivity contribution < 1.29 is 13.6 Å². The van der Waals surface area contributed by atoms with E-state index in [0.29, 0.717) is 36.6 Å². The van der Waals surface area contributed by atoms with E-state index >= 15 is 0 Å². The quantitative estimate of drug-likeness (QED) is 0.777. The minimum atomic E-state index is -0.559. The molecule has 1 atom stereocenters. The van der Waals surface area contributed by atoms with Crippen LogP contribution in [0.2, 0.25) is 0 Å². The van der Waals surface area contributed by atoms with Gasteiger partial charge >= 0.3 is 0 Å². The second-order valence-corrected chi connectivity index (χ2v) is 7.20. The zero-order valence-electron chi connectivity index (χ0n) is 13.9. The Morgan fingerprint density at radius 1 is 1.44 bits per heavy atom. The molecule has 1 aliphatic rings. The van der Waals surface area contributed by atoms with E-state index in [1.54, 1.807) is 6.07 Å². The van der Waals surface area contributed by atoms with Gasteiger partial charge in [0.2, 0.25) is 5.91 Å². The molecule has 4 rings (SSSR count). The zero-order valence-corrected chi connectivity index (χ0v) is 14.7. The SMILES string of the molecule is CC(=O)NC1(c2nc(C)cs2)CCN(c2nc3cc(F)ccc3o2)C1. The Bertz CT molecular complexity index is 953. The van der Waals surface area contributed by atoms with Crippen molar-refractivity contribution in [2.24, 2.45) is 0 Å². The molecular weight excluding hydrogens is 343 g/mol. The number of carbonyl (C=O) groups is 1. The van der Waals surface area contributed by atoms with Gasteiger partial charge in [-0.3, -0.25) is 4.79 Å². The number of rotatable bonds is 3. The number of anilines is 1. The molecule has 1 fully saturated rings. The highest BCUT2D eigenvalue weighted by atomic mass is 32.1. The number of nitrogens with zero attached hydrogens (tertiary/aromatic N) is 3. The van der Waals surface area contributed by atoms with Crippen LogP contribution in [0.5, 0.6) is 0 Å². The van der Waals surface area contributed by atoms with Gasteiger partial charge in [-0.25, -0.2) is 9.37 Å². The molecule has 3 heterocycles. The molecule has 8 heteroatoms. The van der Waals surface area contributed by atoms with Gasteiger partial charge in [0, 0.05) is 30.6 Å². The van der Waals surface area contributed by atoms with Gasteiger partial charge in [-0.1, -0.05) is 0 Å². The van der Waals surface area contributed by atoms with Crippen molar-refractivity contribution in [3.05, 3.63) is 40.1 Å². The van der Waals surface area contributed by atoms with Crippen LogP contribution in [0.4, 0.5) is 10.4 Å². The monoisotopic (exact) mass is 360 g/mol. The third-order valence-corrected chi connectivity index (χ3v) is 5.49. The molecule has 1 aromatic carbocycles. The number of benzene rings is 1. The summed E-state index contributed by atoms with van der Waals surface area (Å²) in [4.78, 5) is 22.7. The number of fused-ring (bicyclic) bond motifs is 1. The number of amides is 1. The summed E-state index contributed by atoms with van der Waals surface area (Å²) in [5, 5.41) is 5.92. The number of hydrogen-bond donors (Lipinski definition) is 1. The Balaban J connectivity index is 1.67. The third-order valence-electron chi connectivity index (χ3n) is 4.32. The molecule has 25 heavy (non-hydrogen) atoms. The Morgan fingerprint density at radius 2 is 2.28 bits per heavy atom. The number of oxazole rings is 1. The molecule has 2 aromatic heterocycles. The lowest BCUT2D eigenvalue weighted by Gasteiger charge is -2.27.